The zero-order valence-corrected chi connectivity index (χ0v) is 24.0. The van der Waals surface area contributed by atoms with Crippen molar-refractivity contribution < 1.29 is 110 Å². The third-order valence-electron chi connectivity index (χ3n) is 7.96. The molecular weight excluding hydrogens is 640 g/mol. The normalized spacial score (nSPS) is 51.7. The molecule has 4 aliphatic heterocycles. The minimum Gasteiger partial charge on any atom is -0.394 e. The molecule has 4 rings (SSSR count). The molecule has 22 nitrogen and oxygen atoms in total. The molecule has 4 aliphatic rings. The standard InChI is InChI=1S/2C12H22O11/c2*13-1-3-5(15)6(16)9(19)12(22-3)23-10-4(2-14)21-11(20)8(18)7(10)17/h2*3-20H,1-2H2. The van der Waals surface area contributed by atoms with Crippen molar-refractivity contribution in [3.8, 4) is 0 Å². The Bertz CT molecular complexity index is 826. The first kappa shape index (κ1) is 39.6. The molecular formula is C24H44O22. The van der Waals surface area contributed by atoms with Gasteiger partial charge in [-0.1, -0.05) is 0 Å². The summed E-state index contributed by atoms with van der Waals surface area (Å²) in [4.78, 5) is 0. The highest BCUT2D eigenvalue weighted by Gasteiger charge is 2.51. The van der Waals surface area contributed by atoms with Gasteiger partial charge in [0.2, 0.25) is 0 Å². The van der Waals surface area contributed by atoms with Crippen molar-refractivity contribution in [2.24, 2.45) is 0 Å². The van der Waals surface area contributed by atoms with E-state index in [2.05, 4.69) is 0 Å². The second kappa shape index (κ2) is 17.2. The summed E-state index contributed by atoms with van der Waals surface area (Å²) in [7, 11) is 0. The summed E-state index contributed by atoms with van der Waals surface area (Å²) in [5, 5.41) is 153. The van der Waals surface area contributed by atoms with E-state index in [4.69, 9.17) is 38.6 Å². The zero-order chi connectivity index (χ0) is 34.6. The predicted octanol–water partition coefficient (Wildman–Crippen LogP) is -10.8. The van der Waals surface area contributed by atoms with Gasteiger partial charge in [-0.25, -0.2) is 0 Å². The molecule has 16 N–H and O–H groups in total. The Morgan fingerprint density at radius 3 is 0.913 bits per heavy atom. The lowest BCUT2D eigenvalue weighted by Gasteiger charge is -2.45. The van der Waals surface area contributed by atoms with E-state index in [0.29, 0.717) is 0 Å². The molecule has 0 spiro atoms. The van der Waals surface area contributed by atoms with Gasteiger partial charge < -0.3 is 110 Å². The van der Waals surface area contributed by atoms with Crippen LogP contribution >= 0.6 is 0 Å². The zero-order valence-electron chi connectivity index (χ0n) is 24.0. The number of rotatable bonds is 8. The third-order valence-corrected chi connectivity index (χ3v) is 7.96. The van der Waals surface area contributed by atoms with Crippen molar-refractivity contribution in [2.45, 2.75) is 123 Å². The van der Waals surface area contributed by atoms with Crippen LogP contribution in [0.3, 0.4) is 0 Å². The van der Waals surface area contributed by atoms with E-state index in [1.165, 1.54) is 0 Å². The van der Waals surface area contributed by atoms with Gasteiger partial charge in [-0.05, 0) is 0 Å². The monoisotopic (exact) mass is 684 g/mol. The summed E-state index contributed by atoms with van der Waals surface area (Å²) >= 11 is 0. The Labute approximate surface area is 260 Å². The van der Waals surface area contributed by atoms with Crippen LogP contribution in [0.2, 0.25) is 0 Å². The summed E-state index contributed by atoms with van der Waals surface area (Å²) in [6.07, 6.45) is -31.1. The van der Waals surface area contributed by atoms with Crippen LogP contribution in [0.1, 0.15) is 0 Å². The molecule has 22 heteroatoms. The van der Waals surface area contributed by atoms with Crippen molar-refractivity contribution >= 4 is 0 Å². The molecule has 272 valence electrons. The van der Waals surface area contributed by atoms with Gasteiger partial charge in [-0.2, -0.15) is 0 Å². The predicted molar refractivity (Wildman–Crippen MR) is 137 cm³/mol. The molecule has 0 aliphatic carbocycles. The molecule has 4 heterocycles. The Morgan fingerprint density at radius 1 is 0.326 bits per heavy atom. The summed E-state index contributed by atoms with van der Waals surface area (Å²) in [6.45, 7) is -2.69. The average molecular weight is 685 g/mol. The minimum absolute atomic E-state index is 0.667. The van der Waals surface area contributed by atoms with Crippen molar-refractivity contribution in [3.63, 3.8) is 0 Å². The van der Waals surface area contributed by atoms with Crippen LogP contribution in [0.4, 0.5) is 0 Å². The van der Waals surface area contributed by atoms with Crippen molar-refractivity contribution in [1.82, 2.24) is 0 Å². The van der Waals surface area contributed by atoms with E-state index >= 15 is 0 Å². The van der Waals surface area contributed by atoms with Gasteiger partial charge in [0.05, 0.1) is 26.4 Å². The summed E-state index contributed by atoms with van der Waals surface area (Å²) in [5.41, 5.74) is 0. The fraction of sp³-hybridized carbons (Fsp3) is 1.00. The van der Waals surface area contributed by atoms with Gasteiger partial charge in [0, 0.05) is 0 Å². The van der Waals surface area contributed by atoms with Crippen LogP contribution in [0.25, 0.3) is 0 Å². The van der Waals surface area contributed by atoms with Crippen molar-refractivity contribution in [1.29, 1.82) is 0 Å². The summed E-state index contributed by atoms with van der Waals surface area (Å²) in [6, 6.07) is 0. The van der Waals surface area contributed by atoms with Crippen molar-refractivity contribution in [2.75, 3.05) is 26.4 Å². The highest BCUT2D eigenvalue weighted by molar-refractivity contribution is 4.95. The Hall–Kier alpha value is -0.880. The molecule has 46 heavy (non-hydrogen) atoms. The molecule has 0 aromatic rings. The molecule has 0 aromatic carbocycles. The van der Waals surface area contributed by atoms with Crippen LogP contribution < -0.4 is 0 Å². The molecule has 20 atom stereocenters. The summed E-state index contributed by atoms with van der Waals surface area (Å²) < 4.78 is 30.5. The first-order valence-corrected chi connectivity index (χ1v) is 14.2. The largest absolute Gasteiger partial charge is 0.394 e. The third kappa shape index (κ3) is 8.45. The number of aliphatic hydroxyl groups excluding tert-OH is 16. The molecule has 20 unspecified atom stereocenters. The van der Waals surface area contributed by atoms with Gasteiger partial charge in [-0.3, -0.25) is 0 Å². The molecule has 0 amide bonds. The van der Waals surface area contributed by atoms with E-state index in [1.807, 2.05) is 0 Å². The number of hydrogen-bond acceptors (Lipinski definition) is 22. The number of hydrogen-bond donors (Lipinski definition) is 16. The lowest BCUT2D eigenvalue weighted by Crippen LogP contribution is -2.64. The Balaban J connectivity index is 0.000000250. The highest BCUT2D eigenvalue weighted by Crippen LogP contribution is 2.30. The highest BCUT2D eigenvalue weighted by atomic mass is 16.7. The van der Waals surface area contributed by atoms with Gasteiger partial charge in [-0.15, -0.1) is 0 Å². The maximum Gasteiger partial charge on any atom is 0.187 e. The maximum absolute atomic E-state index is 9.94. The maximum atomic E-state index is 9.94. The van der Waals surface area contributed by atoms with E-state index in [1.54, 1.807) is 0 Å². The Kier molecular flexibility index (Phi) is 14.8. The van der Waals surface area contributed by atoms with E-state index in [0.717, 1.165) is 0 Å². The van der Waals surface area contributed by atoms with Crippen LogP contribution in [0, 0.1) is 0 Å². The fourth-order valence-electron chi connectivity index (χ4n) is 5.14. The van der Waals surface area contributed by atoms with Crippen LogP contribution in [0.15, 0.2) is 0 Å². The average Bonchev–Trinajstić information content (AvgIpc) is 3.05. The quantitative estimate of drug-likeness (QED) is 0.113. The molecule has 4 saturated heterocycles. The van der Waals surface area contributed by atoms with E-state index in [9.17, 15) is 71.5 Å². The minimum atomic E-state index is -1.74. The molecule has 0 bridgehead atoms. The first-order valence-electron chi connectivity index (χ1n) is 14.2. The van der Waals surface area contributed by atoms with Crippen LogP contribution in [-0.4, -0.2) is 231 Å². The van der Waals surface area contributed by atoms with Gasteiger partial charge in [0.15, 0.2) is 25.2 Å². The topological polar surface area (TPSA) is 379 Å². The Morgan fingerprint density at radius 2 is 0.630 bits per heavy atom. The summed E-state index contributed by atoms with van der Waals surface area (Å²) in [5.74, 6) is 0. The van der Waals surface area contributed by atoms with E-state index in [-0.39, 0.29) is 0 Å². The first-order chi connectivity index (χ1) is 21.6. The second-order valence-corrected chi connectivity index (χ2v) is 11.1. The van der Waals surface area contributed by atoms with E-state index < -0.39 is 149 Å². The lowest BCUT2D eigenvalue weighted by atomic mass is 9.97. The molecule has 0 radical (unpaired) electrons. The van der Waals surface area contributed by atoms with Crippen molar-refractivity contribution in [3.05, 3.63) is 0 Å². The molecule has 0 aromatic heterocycles. The van der Waals surface area contributed by atoms with Gasteiger partial charge in [0.1, 0.15) is 97.7 Å². The van der Waals surface area contributed by atoms with Gasteiger partial charge >= 0.3 is 0 Å². The van der Waals surface area contributed by atoms with Crippen LogP contribution in [-0.2, 0) is 28.4 Å². The fourth-order valence-corrected chi connectivity index (χ4v) is 5.14. The van der Waals surface area contributed by atoms with Crippen LogP contribution in [0.5, 0.6) is 0 Å². The number of ether oxygens (including phenoxy) is 6. The molecule has 0 saturated carbocycles. The smallest absolute Gasteiger partial charge is 0.187 e. The van der Waals surface area contributed by atoms with Gasteiger partial charge in [0.25, 0.3) is 0 Å². The lowest BCUT2D eigenvalue weighted by molar-refractivity contribution is -0.355. The second-order valence-electron chi connectivity index (χ2n) is 11.1. The number of aliphatic hydroxyl groups is 16. The molecule has 4 fully saturated rings. The SMILES string of the molecule is OCC1OC(OC2C(CO)OC(O)C(O)C2O)C(O)C(O)C1O.OCC1OC(OC2C(CO)OC(O)C(O)C2O)C(O)C(O)C1O.